The van der Waals surface area contributed by atoms with Gasteiger partial charge in [0.05, 0.1) is 0 Å². The number of rotatable bonds is 0. The van der Waals surface area contributed by atoms with Crippen molar-refractivity contribution in [3.8, 4) is 0 Å². The van der Waals surface area contributed by atoms with Crippen molar-refractivity contribution in [3.63, 3.8) is 0 Å². The minimum atomic E-state index is -0.965. The molecule has 0 amide bonds. The van der Waals surface area contributed by atoms with E-state index >= 15 is 0 Å². The van der Waals surface area contributed by atoms with E-state index in [2.05, 4.69) is 123 Å². The van der Waals surface area contributed by atoms with Gasteiger partial charge in [-0.15, -0.1) is 0 Å². The van der Waals surface area contributed by atoms with Gasteiger partial charge in [0, 0.05) is 0 Å². The SMILES string of the molecule is [C-]#[N+]C([N+]#[C-])=c1ccc(=C2C(=C3C=C(C(C)(C)C)C(=O)C(C(C)(C)C)=C3)C2=C2C=C(C(C)(C)C)C(=O)C(C(C)(C)C)=C2)[te]1. The van der Waals surface area contributed by atoms with Crippen molar-refractivity contribution in [2.24, 2.45) is 21.7 Å². The second-order valence-electron chi connectivity index (χ2n) is 15.6. The van der Waals surface area contributed by atoms with Crippen LogP contribution in [0.4, 0.5) is 0 Å². The molecule has 1 saturated carbocycles. The maximum atomic E-state index is 13.7. The van der Waals surface area contributed by atoms with Crippen molar-refractivity contribution in [2.75, 3.05) is 0 Å². The van der Waals surface area contributed by atoms with Gasteiger partial charge >= 0.3 is 268 Å². The number of hydrogen-bond acceptors (Lipinski definition) is 2. The molecule has 43 heavy (non-hydrogen) atoms. The second-order valence-corrected chi connectivity index (χ2v) is 18.7. The zero-order valence-corrected chi connectivity index (χ0v) is 29.9. The monoisotopic (exact) mass is 688 g/mol. The van der Waals surface area contributed by atoms with E-state index in [0.29, 0.717) is 0 Å². The standard InChI is InChI=1S/C38H42N2O2Te/c1-35(2,3)23-17-21(18-24(32(23)41)36(4,5)6)29-30(31(29)27-15-16-28(43-27)34(39-13)40-14)22-19-25(37(7,8)9)33(42)26(20-22)38(10,11)12/h15-20H,1-12H3. The first-order chi connectivity index (χ1) is 19.6. The third-order valence-corrected chi connectivity index (χ3v) is 11.1. The summed E-state index contributed by atoms with van der Waals surface area (Å²) >= 11 is -0.965. The Hall–Kier alpha value is -3.23. The van der Waals surface area contributed by atoms with Gasteiger partial charge in [-0.05, 0) is 0 Å². The Morgan fingerprint density at radius 3 is 1.16 bits per heavy atom. The van der Waals surface area contributed by atoms with Crippen LogP contribution in [0.3, 0.4) is 0 Å². The molecule has 1 aromatic heterocycles. The molecule has 0 radical (unpaired) electrons. The number of ketones is 2. The van der Waals surface area contributed by atoms with Crippen molar-refractivity contribution >= 4 is 43.4 Å². The van der Waals surface area contributed by atoms with Crippen LogP contribution in [0.15, 0.2) is 81.0 Å². The summed E-state index contributed by atoms with van der Waals surface area (Å²) in [4.78, 5) is 34.5. The molecule has 5 heteroatoms. The van der Waals surface area contributed by atoms with E-state index in [-0.39, 0.29) is 39.0 Å². The number of allylic oxidation sites excluding steroid dienone is 12. The van der Waals surface area contributed by atoms with E-state index in [4.69, 9.17) is 13.1 Å². The molecule has 4 nitrogen and oxygen atoms in total. The molecule has 1 heterocycles. The minimum absolute atomic E-state index is 0.0972. The molecule has 3 aliphatic carbocycles. The van der Waals surface area contributed by atoms with Crippen LogP contribution in [0.25, 0.3) is 21.1 Å². The van der Waals surface area contributed by atoms with Crippen molar-refractivity contribution in [1.29, 1.82) is 0 Å². The quantitative estimate of drug-likeness (QED) is 0.210. The average Bonchev–Trinajstić information content (AvgIpc) is 3.41. The van der Waals surface area contributed by atoms with Gasteiger partial charge < -0.3 is 0 Å². The van der Waals surface area contributed by atoms with Crippen molar-refractivity contribution in [2.45, 2.75) is 83.1 Å². The molecular formula is C38H42N2O2Te. The molecule has 222 valence electrons. The second kappa shape index (κ2) is 10.7. The summed E-state index contributed by atoms with van der Waals surface area (Å²) in [6.07, 6.45) is 8.27. The zero-order valence-electron chi connectivity index (χ0n) is 27.6. The van der Waals surface area contributed by atoms with Crippen LogP contribution in [0.2, 0.25) is 0 Å². The van der Waals surface area contributed by atoms with Crippen molar-refractivity contribution in [1.82, 2.24) is 0 Å². The van der Waals surface area contributed by atoms with Crippen LogP contribution in [-0.4, -0.2) is 32.0 Å². The molecule has 0 atom stereocenters. The summed E-state index contributed by atoms with van der Waals surface area (Å²) in [6.45, 7) is 40.0. The van der Waals surface area contributed by atoms with Gasteiger partial charge in [0.25, 0.3) is 0 Å². The first-order valence-electron chi connectivity index (χ1n) is 14.7. The van der Waals surface area contributed by atoms with Crippen LogP contribution < -0.4 is 6.47 Å². The number of carbonyl (C=O) groups excluding carboxylic acids is 2. The van der Waals surface area contributed by atoms with E-state index in [1.54, 1.807) is 0 Å². The first-order valence-corrected chi connectivity index (χ1v) is 17.0. The van der Waals surface area contributed by atoms with E-state index < -0.39 is 20.4 Å². The number of nitrogens with zero attached hydrogens (tertiary/aromatic N) is 2. The molecular weight excluding hydrogens is 644 g/mol. The summed E-state index contributed by atoms with van der Waals surface area (Å²) in [5, 5.41) is 0. The van der Waals surface area contributed by atoms with Crippen LogP contribution >= 0.6 is 0 Å². The summed E-state index contributed by atoms with van der Waals surface area (Å²) in [6, 6.07) is 4.01. The Bertz CT molecular complexity index is 1690. The predicted molar refractivity (Wildman–Crippen MR) is 177 cm³/mol. The molecule has 4 rings (SSSR count). The molecule has 0 saturated heterocycles. The Labute approximate surface area is 266 Å². The Kier molecular flexibility index (Phi) is 8.16. The summed E-state index contributed by atoms with van der Waals surface area (Å²) in [5.74, 6) is 0.347. The molecule has 0 aromatic carbocycles. The van der Waals surface area contributed by atoms with Crippen LogP contribution in [0, 0.1) is 34.8 Å². The number of carbonyl (C=O) groups is 2. The Morgan fingerprint density at radius 1 is 0.558 bits per heavy atom. The molecule has 0 bridgehead atoms. The topological polar surface area (TPSA) is 42.9 Å². The van der Waals surface area contributed by atoms with Gasteiger partial charge in [-0.1, -0.05) is 0 Å². The molecule has 3 aliphatic rings. The van der Waals surface area contributed by atoms with Crippen LogP contribution in [0.1, 0.15) is 83.1 Å². The van der Waals surface area contributed by atoms with Gasteiger partial charge in [-0.3, -0.25) is 0 Å². The molecule has 0 aliphatic heterocycles. The van der Waals surface area contributed by atoms with E-state index in [1.807, 2.05) is 6.07 Å². The fourth-order valence-corrected chi connectivity index (χ4v) is 8.36. The fourth-order valence-electron chi connectivity index (χ4n) is 5.51. The molecule has 0 unspecified atom stereocenters. The third kappa shape index (κ3) is 6.22. The fraction of sp³-hybridized carbons (Fsp3) is 0.421. The van der Waals surface area contributed by atoms with Crippen molar-refractivity contribution in [3.05, 3.63) is 110 Å². The van der Waals surface area contributed by atoms with E-state index in [1.165, 1.54) is 3.23 Å². The Morgan fingerprint density at radius 2 is 0.884 bits per heavy atom. The van der Waals surface area contributed by atoms with Gasteiger partial charge in [0.15, 0.2) is 0 Å². The van der Waals surface area contributed by atoms with E-state index in [9.17, 15) is 9.59 Å². The predicted octanol–water partition coefficient (Wildman–Crippen LogP) is 7.46. The molecule has 1 aromatic rings. The summed E-state index contributed by atoms with van der Waals surface area (Å²) in [5.41, 5.74) is 7.20. The molecule has 0 spiro atoms. The van der Waals surface area contributed by atoms with Crippen molar-refractivity contribution < 1.29 is 9.59 Å². The number of hydrogen-bond donors (Lipinski definition) is 0. The average molecular weight is 686 g/mol. The van der Waals surface area contributed by atoms with Crippen LogP contribution in [0.5, 0.6) is 0 Å². The normalized spacial score (nSPS) is 18.1. The number of Topliss-reactive ketones (excluding diaryl/α,β-unsaturated/α-hetero) is 2. The van der Waals surface area contributed by atoms with E-state index in [0.717, 1.165) is 53.4 Å². The third-order valence-electron chi connectivity index (χ3n) is 7.96. The molecule has 0 N–H and O–H groups in total. The van der Waals surface area contributed by atoms with Gasteiger partial charge in [0.2, 0.25) is 0 Å². The Balaban J connectivity index is 2.22. The summed E-state index contributed by atoms with van der Waals surface area (Å²) in [7, 11) is 0. The van der Waals surface area contributed by atoms with Gasteiger partial charge in [0.1, 0.15) is 0 Å². The van der Waals surface area contributed by atoms with Gasteiger partial charge in [-0.25, -0.2) is 0 Å². The zero-order chi connectivity index (χ0) is 32.4. The van der Waals surface area contributed by atoms with Crippen LogP contribution in [-0.2, 0) is 9.59 Å². The molecule has 1 fully saturated rings. The van der Waals surface area contributed by atoms with Gasteiger partial charge in [-0.2, -0.15) is 0 Å². The first kappa shape index (κ1) is 32.7. The summed E-state index contributed by atoms with van der Waals surface area (Å²) < 4.78 is 2.03. The maximum absolute atomic E-state index is 13.7.